The summed E-state index contributed by atoms with van der Waals surface area (Å²) in [6.07, 6.45) is 0.598. The van der Waals surface area contributed by atoms with E-state index in [2.05, 4.69) is 81.3 Å². The maximum absolute atomic E-state index is 13.3. The van der Waals surface area contributed by atoms with Gasteiger partial charge in [0.15, 0.2) is 33.2 Å². The molecule has 0 unspecified atom stereocenters. The molecule has 52 heavy (non-hydrogen) atoms. The van der Waals surface area contributed by atoms with Crippen molar-refractivity contribution in [3.8, 4) is 17.2 Å². The van der Waals surface area contributed by atoms with E-state index in [1.54, 1.807) is 31.4 Å². The molecule has 0 aliphatic carbocycles. The Labute approximate surface area is 324 Å². The van der Waals surface area contributed by atoms with Gasteiger partial charge in [0.1, 0.15) is 12.5 Å². The van der Waals surface area contributed by atoms with E-state index in [-0.39, 0.29) is 32.6 Å². The molecule has 1 amide bonds. The number of hydrogen-bond acceptors (Lipinski definition) is 9. The zero-order valence-electron chi connectivity index (χ0n) is 33.2. The van der Waals surface area contributed by atoms with Gasteiger partial charge < -0.3 is 33.4 Å². The Bertz CT molecular complexity index is 1510. The fraction of sp³-hybridized carbons (Fsp3) is 0.639. The van der Waals surface area contributed by atoms with Crippen LogP contribution in [0.1, 0.15) is 32.4 Å². The molecule has 0 spiro atoms. The van der Waals surface area contributed by atoms with Crippen molar-refractivity contribution in [2.45, 2.75) is 96.4 Å². The van der Waals surface area contributed by atoms with Gasteiger partial charge in [-0.05, 0) is 66.1 Å². The van der Waals surface area contributed by atoms with Gasteiger partial charge in [-0.1, -0.05) is 82.0 Å². The van der Waals surface area contributed by atoms with E-state index in [0.29, 0.717) is 41.7 Å². The van der Waals surface area contributed by atoms with E-state index in [1.807, 2.05) is 12.1 Å². The lowest BCUT2D eigenvalue weighted by atomic mass is 10.1. The third-order valence-corrected chi connectivity index (χ3v) is 18.5. The van der Waals surface area contributed by atoms with E-state index in [0.717, 1.165) is 40.9 Å². The molecular formula is C36H63BrN2O9SSi3. The van der Waals surface area contributed by atoms with Crippen LogP contribution >= 0.6 is 15.9 Å². The summed E-state index contributed by atoms with van der Waals surface area (Å²) in [4.78, 5) is 13.1. The lowest BCUT2D eigenvalue weighted by Gasteiger charge is -2.34. The minimum Gasteiger partial charge on any atom is -0.493 e. The van der Waals surface area contributed by atoms with Gasteiger partial charge in [-0.25, -0.2) is 12.7 Å². The highest BCUT2D eigenvalue weighted by Gasteiger charge is 2.34. The summed E-state index contributed by atoms with van der Waals surface area (Å²) in [5, 5.41) is 2.99. The van der Waals surface area contributed by atoms with Crippen LogP contribution in [-0.4, -0.2) is 92.0 Å². The Kier molecular flexibility index (Phi) is 18.9. The van der Waals surface area contributed by atoms with Crippen LogP contribution in [0.5, 0.6) is 17.2 Å². The van der Waals surface area contributed by atoms with Crippen molar-refractivity contribution < 1.29 is 41.3 Å². The normalized spacial score (nSPS) is 13.1. The van der Waals surface area contributed by atoms with Crippen LogP contribution in [0.4, 0.5) is 5.69 Å². The Morgan fingerprint density at radius 2 is 1.44 bits per heavy atom. The van der Waals surface area contributed by atoms with E-state index < -0.39 is 40.6 Å². The first-order valence-electron chi connectivity index (χ1n) is 18.1. The second-order valence-corrected chi connectivity index (χ2v) is 34.2. The largest absolute Gasteiger partial charge is 0.493 e. The predicted octanol–water partition coefficient (Wildman–Crippen LogP) is 8.49. The number of carbonyl (C=O) groups is 1. The lowest BCUT2D eigenvalue weighted by Crippen LogP contribution is -2.41. The van der Waals surface area contributed by atoms with Gasteiger partial charge in [0, 0.05) is 40.4 Å². The number of rotatable bonds is 25. The average molecular weight is 864 g/mol. The van der Waals surface area contributed by atoms with Crippen LogP contribution < -0.4 is 23.8 Å². The van der Waals surface area contributed by atoms with Gasteiger partial charge in [0.2, 0.25) is 10.0 Å². The molecule has 0 aromatic heterocycles. The topological polar surface area (TPSA) is 122 Å². The molecule has 0 radical (unpaired) electrons. The molecule has 0 heterocycles. The average Bonchev–Trinajstić information content (AvgIpc) is 3.06. The van der Waals surface area contributed by atoms with Crippen molar-refractivity contribution in [3.63, 3.8) is 0 Å². The highest BCUT2D eigenvalue weighted by atomic mass is 79.9. The Hall–Kier alpha value is -1.93. The molecule has 0 aliphatic heterocycles. The van der Waals surface area contributed by atoms with Crippen LogP contribution in [-0.2, 0) is 28.7 Å². The number of sulfonamides is 1. The van der Waals surface area contributed by atoms with Crippen molar-refractivity contribution in [2.75, 3.05) is 57.6 Å². The summed E-state index contributed by atoms with van der Waals surface area (Å²) in [7, 11) is -7.18. The van der Waals surface area contributed by atoms with Crippen molar-refractivity contribution in [1.82, 2.24) is 5.32 Å². The number of benzene rings is 2. The predicted molar refractivity (Wildman–Crippen MR) is 223 cm³/mol. The first-order valence-corrected chi connectivity index (χ1v) is 30.7. The molecule has 0 bridgehead atoms. The number of nitrogens with zero attached hydrogens (tertiary/aromatic N) is 1. The van der Waals surface area contributed by atoms with Crippen LogP contribution in [0, 0.1) is 0 Å². The molecular weight excluding hydrogens is 801 g/mol. The number of carbonyl (C=O) groups excluding carboxylic acids is 1. The smallest absolute Gasteiger partial charge is 0.258 e. The standard InChI is InChI=1S/C36H63BrN2O9SSi3/c1-12-52(13-2,14-3)48-35(25-38-36(40)26-46-33-18-16-30(37)24-34(33)43-4)29-15-17-32(47-28-45-20-22-51(9,10)11)31(23-29)39(49(5,41)42)27-44-19-21-50(6,7)8/h15-18,23-24,35H,12-14,19-22,25-28H2,1-11H3,(H,38,40)/t35-/m1/s1. The Balaban J connectivity index is 2.47. The summed E-state index contributed by atoms with van der Waals surface area (Å²) in [6.45, 7) is 20.7. The van der Waals surface area contributed by atoms with Gasteiger partial charge in [-0.15, -0.1) is 0 Å². The molecule has 11 nitrogen and oxygen atoms in total. The van der Waals surface area contributed by atoms with Crippen molar-refractivity contribution >= 4 is 62.0 Å². The van der Waals surface area contributed by atoms with Gasteiger partial charge in [0.05, 0.1) is 25.2 Å². The lowest BCUT2D eigenvalue weighted by molar-refractivity contribution is -0.123. The van der Waals surface area contributed by atoms with E-state index >= 15 is 0 Å². The molecule has 2 rings (SSSR count). The van der Waals surface area contributed by atoms with Crippen molar-refractivity contribution in [1.29, 1.82) is 0 Å². The second kappa shape index (κ2) is 21.2. The zero-order valence-corrected chi connectivity index (χ0v) is 38.6. The number of nitrogens with one attached hydrogen (secondary N) is 1. The quantitative estimate of drug-likeness (QED) is 0.0595. The number of methoxy groups -OCH3 is 1. The van der Waals surface area contributed by atoms with Gasteiger partial charge in [-0.3, -0.25) is 4.79 Å². The number of hydrogen-bond donors (Lipinski definition) is 1. The SMILES string of the molecule is CC[Si](CC)(CC)O[C@H](CNC(=O)COc1ccc(Br)cc1OC)c1ccc(OCOCC[Si](C)(C)C)c(N(COCC[Si](C)(C)C)S(C)(=O)=O)c1. The highest BCUT2D eigenvalue weighted by molar-refractivity contribution is 9.10. The summed E-state index contributed by atoms with van der Waals surface area (Å²) < 4.78 is 64.8. The number of anilines is 1. The molecule has 1 N–H and O–H groups in total. The van der Waals surface area contributed by atoms with Crippen molar-refractivity contribution in [3.05, 3.63) is 46.4 Å². The molecule has 0 saturated heterocycles. The molecule has 16 heteroatoms. The summed E-state index contributed by atoms with van der Waals surface area (Å²) >= 11 is 3.42. The molecule has 2 aromatic rings. The Morgan fingerprint density at radius 3 is 2.00 bits per heavy atom. The minimum absolute atomic E-state index is 0.0262. The van der Waals surface area contributed by atoms with E-state index in [1.165, 1.54) is 4.31 Å². The van der Waals surface area contributed by atoms with Gasteiger partial charge >= 0.3 is 0 Å². The molecule has 2 aromatic carbocycles. The third-order valence-electron chi connectivity index (χ3n) is 8.82. The number of ether oxygens (including phenoxy) is 5. The highest BCUT2D eigenvalue weighted by Crippen LogP contribution is 2.37. The maximum atomic E-state index is 13.3. The van der Waals surface area contributed by atoms with E-state index in [4.69, 9.17) is 28.1 Å². The summed E-state index contributed by atoms with van der Waals surface area (Å²) in [5.74, 6) is 0.963. The van der Waals surface area contributed by atoms with Crippen LogP contribution in [0.25, 0.3) is 0 Å². The van der Waals surface area contributed by atoms with Crippen LogP contribution in [0.15, 0.2) is 40.9 Å². The summed E-state index contributed by atoms with van der Waals surface area (Å²) in [5.41, 5.74) is 1.03. The fourth-order valence-electron chi connectivity index (χ4n) is 5.15. The molecule has 0 saturated carbocycles. The second-order valence-electron chi connectivity index (χ2n) is 15.4. The molecule has 0 aliphatic rings. The molecule has 296 valence electrons. The molecule has 1 atom stereocenters. The van der Waals surface area contributed by atoms with Crippen LogP contribution in [0.2, 0.25) is 69.5 Å². The van der Waals surface area contributed by atoms with Crippen LogP contribution in [0.3, 0.4) is 0 Å². The third kappa shape index (κ3) is 16.2. The fourth-order valence-corrected chi connectivity index (χ4v) is 10.6. The molecule has 0 fully saturated rings. The zero-order chi connectivity index (χ0) is 39.2. The van der Waals surface area contributed by atoms with Gasteiger partial charge in [-0.2, -0.15) is 0 Å². The Morgan fingerprint density at radius 1 is 0.846 bits per heavy atom. The monoisotopic (exact) mass is 862 g/mol. The number of halogens is 1. The summed E-state index contributed by atoms with van der Waals surface area (Å²) in [6, 6.07) is 15.2. The van der Waals surface area contributed by atoms with E-state index in [9.17, 15) is 13.2 Å². The minimum atomic E-state index is -3.80. The van der Waals surface area contributed by atoms with Gasteiger partial charge in [0.25, 0.3) is 5.91 Å². The number of amides is 1. The first-order chi connectivity index (χ1) is 24.3. The maximum Gasteiger partial charge on any atom is 0.258 e. The van der Waals surface area contributed by atoms with Crippen molar-refractivity contribution in [2.24, 2.45) is 0 Å². The first kappa shape index (κ1) is 46.2.